The number of hydrogen-bond donors (Lipinski definition) is 2. The molecule has 0 aliphatic carbocycles. The quantitative estimate of drug-likeness (QED) is 0.412. The standard InChI is InChI=1S/C30H45N3O4/c1-8-33(21-25(19-23-15-11-9-12-16-23)31-27(34)36-29(2,3)4)22-26(20-24-17-13-10-14-18-24)32-28(35)37-30(5,6)7/h9-18,25-26H,8,19-22H2,1-7H3,(H,31,34)(H,32,35)/t25-,26-/m0/s1. The van der Waals surface area contributed by atoms with E-state index in [9.17, 15) is 9.59 Å². The molecule has 204 valence electrons. The molecule has 0 fully saturated rings. The van der Waals surface area contributed by atoms with E-state index in [-0.39, 0.29) is 12.1 Å². The number of amides is 2. The highest BCUT2D eigenvalue weighted by atomic mass is 16.6. The monoisotopic (exact) mass is 511 g/mol. The minimum absolute atomic E-state index is 0.170. The van der Waals surface area contributed by atoms with Crippen molar-refractivity contribution in [2.24, 2.45) is 0 Å². The number of likely N-dealkylation sites (N-methyl/N-ethyl adjacent to an activating group) is 1. The molecule has 2 rings (SSSR count). The fourth-order valence-corrected chi connectivity index (χ4v) is 4.02. The summed E-state index contributed by atoms with van der Waals surface area (Å²) in [5.74, 6) is 0. The third-order valence-corrected chi connectivity index (χ3v) is 5.50. The van der Waals surface area contributed by atoms with Crippen LogP contribution in [-0.4, -0.2) is 60.0 Å². The van der Waals surface area contributed by atoms with Crippen LogP contribution in [0.15, 0.2) is 60.7 Å². The number of ether oxygens (including phenoxy) is 2. The number of carbonyl (C=O) groups is 2. The Hall–Kier alpha value is -3.06. The molecule has 2 amide bonds. The van der Waals surface area contributed by atoms with Crippen molar-refractivity contribution < 1.29 is 19.1 Å². The van der Waals surface area contributed by atoms with Crippen molar-refractivity contribution >= 4 is 12.2 Å². The lowest BCUT2D eigenvalue weighted by molar-refractivity contribution is 0.0483. The number of nitrogens with zero attached hydrogens (tertiary/aromatic N) is 1. The van der Waals surface area contributed by atoms with E-state index in [1.54, 1.807) is 0 Å². The second-order valence-electron chi connectivity index (χ2n) is 11.4. The molecular weight excluding hydrogens is 466 g/mol. The number of nitrogens with one attached hydrogen (secondary N) is 2. The van der Waals surface area contributed by atoms with E-state index in [1.165, 1.54) is 0 Å². The van der Waals surface area contributed by atoms with Gasteiger partial charge in [0.2, 0.25) is 0 Å². The zero-order chi connectivity index (χ0) is 27.5. The van der Waals surface area contributed by atoms with Crippen LogP contribution in [0.3, 0.4) is 0 Å². The van der Waals surface area contributed by atoms with Crippen molar-refractivity contribution in [3.63, 3.8) is 0 Å². The molecule has 0 bridgehead atoms. The second-order valence-corrected chi connectivity index (χ2v) is 11.4. The van der Waals surface area contributed by atoms with Crippen LogP contribution in [0.5, 0.6) is 0 Å². The van der Waals surface area contributed by atoms with Crippen molar-refractivity contribution in [2.45, 2.75) is 84.6 Å². The number of hydrogen-bond acceptors (Lipinski definition) is 5. The van der Waals surface area contributed by atoms with Gasteiger partial charge < -0.3 is 20.1 Å². The van der Waals surface area contributed by atoms with Crippen LogP contribution in [0, 0.1) is 0 Å². The van der Waals surface area contributed by atoms with E-state index in [0.29, 0.717) is 25.9 Å². The van der Waals surface area contributed by atoms with Gasteiger partial charge in [-0.25, -0.2) is 9.59 Å². The molecule has 2 aromatic carbocycles. The van der Waals surface area contributed by atoms with E-state index in [1.807, 2.05) is 77.9 Å². The lowest BCUT2D eigenvalue weighted by Crippen LogP contribution is -2.51. The van der Waals surface area contributed by atoms with E-state index < -0.39 is 23.4 Å². The molecule has 0 saturated heterocycles. The van der Waals surface area contributed by atoms with Crippen molar-refractivity contribution in [1.82, 2.24) is 15.5 Å². The smallest absolute Gasteiger partial charge is 0.407 e. The molecule has 2 atom stereocenters. The van der Waals surface area contributed by atoms with Crippen LogP contribution in [0.1, 0.15) is 59.6 Å². The van der Waals surface area contributed by atoms with Gasteiger partial charge in [-0.3, -0.25) is 4.90 Å². The molecule has 0 radical (unpaired) electrons. The highest BCUT2D eigenvalue weighted by Gasteiger charge is 2.25. The first-order chi connectivity index (χ1) is 17.3. The fourth-order valence-electron chi connectivity index (χ4n) is 4.02. The number of rotatable bonds is 11. The van der Waals surface area contributed by atoms with Crippen LogP contribution in [-0.2, 0) is 22.3 Å². The maximum Gasteiger partial charge on any atom is 0.407 e. The molecule has 0 aromatic heterocycles. The SMILES string of the molecule is CCN(C[C@H](Cc1ccccc1)NC(=O)OC(C)(C)C)C[C@H](Cc1ccccc1)NC(=O)OC(C)(C)C. The largest absolute Gasteiger partial charge is 0.444 e. The summed E-state index contributed by atoms with van der Waals surface area (Å²) < 4.78 is 11.1. The van der Waals surface area contributed by atoms with Crippen LogP contribution in [0.4, 0.5) is 9.59 Å². The summed E-state index contributed by atoms with van der Waals surface area (Å²) in [6, 6.07) is 19.8. The van der Waals surface area contributed by atoms with Crippen molar-refractivity contribution in [1.29, 1.82) is 0 Å². The zero-order valence-electron chi connectivity index (χ0n) is 23.5. The summed E-state index contributed by atoms with van der Waals surface area (Å²) in [6.45, 7) is 15.2. The third-order valence-electron chi connectivity index (χ3n) is 5.50. The third kappa shape index (κ3) is 13.2. The van der Waals surface area contributed by atoms with Gasteiger partial charge >= 0.3 is 12.2 Å². The minimum Gasteiger partial charge on any atom is -0.444 e. The van der Waals surface area contributed by atoms with E-state index >= 15 is 0 Å². The normalized spacial score (nSPS) is 13.5. The Morgan fingerprint density at radius 2 is 1.05 bits per heavy atom. The lowest BCUT2D eigenvalue weighted by atomic mass is 10.0. The molecule has 7 nitrogen and oxygen atoms in total. The summed E-state index contributed by atoms with van der Waals surface area (Å²) in [4.78, 5) is 27.5. The number of alkyl carbamates (subject to hydrolysis) is 2. The van der Waals surface area contributed by atoms with E-state index in [0.717, 1.165) is 17.7 Å². The van der Waals surface area contributed by atoms with Crippen molar-refractivity contribution in [3.8, 4) is 0 Å². The Bertz CT molecular complexity index is 875. The number of benzene rings is 2. The van der Waals surface area contributed by atoms with Gasteiger partial charge in [-0.2, -0.15) is 0 Å². The fraction of sp³-hybridized carbons (Fsp3) is 0.533. The van der Waals surface area contributed by atoms with Gasteiger partial charge in [-0.1, -0.05) is 67.6 Å². The second kappa shape index (κ2) is 14.0. The molecular formula is C30H45N3O4. The predicted molar refractivity (Wildman–Crippen MR) is 149 cm³/mol. The molecule has 0 spiro atoms. The summed E-state index contributed by atoms with van der Waals surface area (Å²) in [6.07, 6.45) is 0.466. The Morgan fingerprint density at radius 1 is 0.703 bits per heavy atom. The van der Waals surface area contributed by atoms with Crippen LogP contribution >= 0.6 is 0 Å². The molecule has 7 heteroatoms. The number of carbonyl (C=O) groups excluding carboxylic acids is 2. The van der Waals surface area contributed by atoms with Crippen LogP contribution in [0.25, 0.3) is 0 Å². The van der Waals surface area contributed by atoms with Crippen molar-refractivity contribution in [3.05, 3.63) is 71.8 Å². The van der Waals surface area contributed by atoms with Crippen LogP contribution in [0.2, 0.25) is 0 Å². The van der Waals surface area contributed by atoms with E-state index in [4.69, 9.17) is 9.47 Å². The molecule has 37 heavy (non-hydrogen) atoms. The summed E-state index contributed by atoms with van der Waals surface area (Å²) in [5, 5.41) is 6.13. The van der Waals surface area contributed by atoms with E-state index in [2.05, 4.69) is 46.7 Å². The van der Waals surface area contributed by atoms with Gasteiger partial charge in [-0.05, 0) is 72.1 Å². The molecule has 2 aromatic rings. The first kappa shape index (κ1) is 30.2. The molecule has 0 heterocycles. The molecule has 0 saturated carbocycles. The summed E-state index contributed by atoms with van der Waals surface area (Å²) in [5.41, 5.74) is 1.10. The Morgan fingerprint density at radius 3 is 1.35 bits per heavy atom. The average Bonchev–Trinajstić information content (AvgIpc) is 2.77. The molecule has 0 aliphatic rings. The Labute approximate surface area is 222 Å². The highest BCUT2D eigenvalue weighted by Crippen LogP contribution is 2.12. The Balaban J connectivity index is 2.17. The average molecular weight is 512 g/mol. The summed E-state index contributed by atoms with van der Waals surface area (Å²) >= 11 is 0. The van der Waals surface area contributed by atoms with Crippen LogP contribution < -0.4 is 10.6 Å². The topological polar surface area (TPSA) is 79.9 Å². The zero-order valence-corrected chi connectivity index (χ0v) is 23.5. The maximum absolute atomic E-state index is 12.6. The maximum atomic E-state index is 12.6. The molecule has 0 unspecified atom stereocenters. The van der Waals surface area contributed by atoms with Gasteiger partial charge in [0, 0.05) is 25.2 Å². The molecule has 2 N–H and O–H groups in total. The van der Waals surface area contributed by atoms with Gasteiger partial charge in [-0.15, -0.1) is 0 Å². The van der Waals surface area contributed by atoms with Gasteiger partial charge in [0.15, 0.2) is 0 Å². The van der Waals surface area contributed by atoms with Gasteiger partial charge in [0.05, 0.1) is 0 Å². The first-order valence-corrected chi connectivity index (χ1v) is 13.1. The van der Waals surface area contributed by atoms with Crippen molar-refractivity contribution in [2.75, 3.05) is 19.6 Å². The highest BCUT2D eigenvalue weighted by molar-refractivity contribution is 5.68. The Kier molecular flexibility index (Phi) is 11.4. The van der Waals surface area contributed by atoms with Gasteiger partial charge in [0.25, 0.3) is 0 Å². The molecule has 0 aliphatic heterocycles. The first-order valence-electron chi connectivity index (χ1n) is 13.1. The predicted octanol–water partition coefficient (Wildman–Crippen LogP) is 5.58. The summed E-state index contributed by atoms with van der Waals surface area (Å²) in [7, 11) is 0. The lowest BCUT2D eigenvalue weighted by Gasteiger charge is -2.32. The van der Waals surface area contributed by atoms with Gasteiger partial charge in [0.1, 0.15) is 11.2 Å². The minimum atomic E-state index is -0.579.